The predicted molar refractivity (Wildman–Crippen MR) is 94.4 cm³/mol. The molecule has 1 aromatic carbocycles. The van der Waals surface area contributed by atoms with Gasteiger partial charge in [-0.15, -0.1) is 10.2 Å². The molecule has 0 saturated carbocycles. The standard InChI is InChI=1S/C17H15N7O2S/c18-11-12-6-8-13(9-7-12)14-3-1-5-16(19-14)27(25,26)24-10-2-4-15(24)17-20-22-23-21-17/h1,3,5-9,15H,2,4,10H2,(H,20,21,22,23). The quantitative estimate of drug-likeness (QED) is 0.727. The second-order valence-electron chi connectivity index (χ2n) is 6.09. The van der Waals surface area contributed by atoms with Gasteiger partial charge in [0.2, 0.25) is 0 Å². The Morgan fingerprint density at radius 2 is 2.00 bits per heavy atom. The summed E-state index contributed by atoms with van der Waals surface area (Å²) in [5.74, 6) is 0.360. The van der Waals surface area contributed by atoms with Gasteiger partial charge in [-0.2, -0.15) is 14.8 Å². The molecule has 1 aliphatic heterocycles. The van der Waals surface area contributed by atoms with E-state index in [9.17, 15) is 8.42 Å². The minimum absolute atomic E-state index is 0.0280. The van der Waals surface area contributed by atoms with Crippen LogP contribution < -0.4 is 0 Å². The van der Waals surface area contributed by atoms with Gasteiger partial charge in [-0.25, -0.2) is 13.4 Å². The second kappa shape index (κ2) is 6.86. The molecule has 0 spiro atoms. The van der Waals surface area contributed by atoms with Crippen molar-refractivity contribution < 1.29 is 8.42 Å². The predicted octanol–water partition coefficient (Wildman–Crippen LogP) is 1.66. The Morgan fingerprint density at radius 1 is 1.19 bits per heavy atom. The van der Waals surface area contributed by atoms with Crippen molar-refractivity contribution in [2.45, 2.75) is 23.9 Å². The van der Waals surface area contributed by atoms with Crippen LogP contribution >= 0.6 is 0 Å². The van der Waals surface area contributed by atoms with E-state index in [-0.39, 0.29) is 5.03 Å². The summed E-state index contributed by atoms with van der Waals surface area (Å²) in [5, 5.41) is 22.6. The summed E-state index contributed by atoms with van der Waals surface area (Å²) in [7, 11) is -3.81. The maximum absolute atomic E-state index is 13.2. The van der Waals surface area contributed by atoms with E-state index in [1.807, 2.05) is 0 Å². The summed E-state index contributed by atoms with van der Waals surface area (Å²) in [6.45, 7) is 0.379. The van der Waals surface area contributed by atoms with Crippen LogP contribution in [0.2, 0.25) is 0 Å². The first-order valence-electron chi connectivity index (χ1n) is 8.32. The van der Waals surface area contributed by atoms with Crippen molar-refractivity contribution >= 4 is 10.0 Å². The molecule has 1 atom stereocenters. The zero-order chi connectivity index (χ0) is 18.9. The summed E-state index contributed by atoms with van der Waals surface area (Å²) < 4.78 is 27.7. The van der Waals surface area contributed by atoms with Crippen molar-refractivity contribution in [2.24, 2.45) is 0 Å². The third kappa shape index (κ3) is 3.18. The van der Waals surface area contributed by atoms with E-state index in [0.29, 0.717) is 36.5 Å². The minimum atomic E-state index is -3.81. The molecule has 3 heterocycles. The minimum Gasteiger partial charge on any atom is -0.235 e. The number of tetrazole rings is 1. The third-order valence-electron chi connectivity index (χ3n) is 4.47. The highest BCUT2D eigenvalue weighted by atomic mass is 32.2. The highest BCUT2D eigenvalue weighted by molar-refractivity contribution is 7.89. The first-order chi connectivity index (χ1) is 13.1. The second-order valence-corrected chi connectivity index (χ2v) is 7.93. The number of nitrogens with one attached hydrogen (secondary N) is 1. The molecule has 4 rings (SSSR count). The van der Waals surface area contributed by atoms with Crippen molar-refractivity contribution in [1.82, 2.24) is 29.9 Å². The lowest BCUT2D eigenvalue weighted by molar-refractivity contribution is 0.382. The summed E-state index contributed by atoms with van der Waals surface area (Å²) in [6.07, 6.45) is 1.35. The fourth-order valence-electron chi connectivity index (χ4n) is 3.15. The molecule has 0 aliphatic carbocycles. The van der Waals surface area contributed by atoms with Gasteiger partial charge in [-0.3, -0.25) is 0 Å². The van der Waals surface area contributed by atoms with Gasteiger partial charge in [-0.1, -0.05) is 23.4 Å². The van der Waals surface area contributed by atoms with Crippen LogP contribution in [0.25, 0.3) is 11.3 Å². The first-order valence-corrected chi connectivity index (χ1v) is 9.76. The Hall–Kier alpha value is -3.16. The summed E-state index contributed by atoms with van der Waals surface area (Å²) in [4.78, 5) is 4.35. The number of hydrogen-bond donors (Lipinski definition) is 1. The molecule has 9 nitrogen and oxygen atoms in total. The average molecular weight is 381 g/mol. The third-order valence-corrected chi connectivity index (χ3v) is 6.28. The highest BCUT2D eigenvalue weighted by Gasteiger charge is 2.39. The van der Waals surface area contributed by atoms with Gasteiger partial charge in [0.1, 0.15) is 0 Å². The van der Waals surface area contributed by atoms with Crippen LogP contribution in [-0.2, 0) is 10.0 Å². The number of nitriles is 1. The van der Waals surface area contributed by atoms with Gasteiger partial charge in [0.25, 0.3) is 10.0 Å². The summed E-state index contributed by atoms with van der Waals surface area (Å²) >= 11 is 0. The number of H-pyrrole nitrogens is 1. The summed E-state index contributed by atoms with van der Waals surface area (Å²) in [6, 6.07) is 13.3. The number of sulfonamides is 1. The van der Waals surface area contributed by atoms with E-state index in [2.05, 4.69) is 31.7 Å². The number of aromatic nitrogens is 5. The van der Waals surface area contributed by atoms with Gasteiger partial charge < -0.3 is 0 Å². The maximum atomic E-state index is 13.2. The van der Waals surface area contributed by atoms with Crippen molar-refractivity contribution in [2.75, 3.05) is 6.54 Å². The number of hydrogen-bond acceptors (Lipinski definition) is 7. The van der Waals surface area contributed by atoms with Gasteiger partial charge in [0, 0.05) is 12.1 Å². The van der Waals surface area contributed by atoms with E-state index in [0.717, 1.165) is 5.56 Å². The van der Waals surface area contributed by atoms with Gasteiger partial charge >= 0.3 is 0 Å². The van der Waals surface area contributed by atoms with Crippen LogP contribution in [-0.4, -0.2) is 44.9 Å². The molecule has 0 amide bonds. The molecule has 1 saturated heterocycles. The molecule has 136 valence electrons. The van der Waals surface area contributed by atoms with E-state index in [1.54, 1.807) is 36.4 Å². The molecule has 1 N–H and O–H groups in total. The smallest absolute Gasteiger partial charge is 0.235 e. The molecule has 2 aromatic heterocycles. The molecule has 1 aliphatic rings. The van der Waals surface area contributed by atoms with Gasteiger partial charge in [0.15, 0.2) is 10.9 Å². The zero-order valence-corrected chi connectivity index (χ0v) is 15.0. The Balaban J connectivity index is 1.69. The normalized spacial score (nSPS) is 17.7. The van der Waals surface area contributed by atoms with Crippen LogP contribution in [0.4, 0.5) is 0 Å². The largest absolute Gasteiger partial charge is 0.261 e. The van der Waals surface area contributed by atoms with Crippen molar-refractivity contribution in [3.63, 3.8) is 0 Å². The molecular formula is C17H15N7O2S. The van der Waals surface area contributed by atoms with Crippen LogP contribution in [0, 0.1) is 11.3 Å². The monoisotopic (exact) mass is 381 g/mol. The summed E-state index contributed by atoms with van der Waals surface area (Å²) in [5.41, 5.74) is 1.79. The number of nitrogens with zero attached hydrogens (tertiary/aromatic N) is 6. The fraction of sp³-hybridized carbons (Fsp3) is 0.235. The SMILES string of the molecule is N#Cc1ccc(-c2cccc(S(=O)(=O)N3CCCC3c3nn[nH]n3)n2)cc1. The van der Waals surface area contributed by atoms with Crippen LogP contribution in [0.1, 0.15) is 30.3 Å². The van der Waals surface area contributed by atoms with Crippen molar-refractivity contribution in [3.8, 4) is 17.3 Å². The molecule has 0 bridgehead atoms. The number of aromatic amines is 1. The zero-order valence-electron chi connectivity index (χ0n) is 14.1. The van der Waals surface area contributed by atoms with Crippen molar-refractivity contribution in [3.05, 3.63) is 53.9 Å². The van der Waals surface area contributed by atoms with Gasteiger partial charge in [-0.05, 0) is 37.1 Å². The molecule has 27 heavy (non-hydrogen) atoms. The lowest BCUT2D eigenvalue weighted by Gasteiger charge is -2.21. The molecule has 0 radical (unpaired) electrons. The topological polar surface area (TPSA) is 129 Å². The van der Waals surface area contributed by atoms with E-state index >= 15 is 0 Å². The molecule has 3 aromatic rings. The molecule has 10 heteroatoms. The molecule has 1 fully saturated rings. The average Bonchev–Trinajstić information content (AvgIpc) is 3.39. The van der Waals surface area contributed by atoms with Gasteiger partial charge in [0.05, 0.1) is 23.4 Å². The Bertz CT molecular complexity index is 1090. The first kappa shape index (κ1) is 17.3. The Labute approximate surface area is 155 Å². The maximum Gasteiger partial charge on any atom is 0.261 e. The van der Waals surface area contributed by atoms with Crippen molar-refractivity contribution in [1.29, 1.82) is 5.26 Å². The van der Waals surface area contributed by atoms with E-state index in [4.69, 9.17) is 5.26 Å². The Morgan fingerprint density at radius 3 is 2.70 bits per heavy atom. The lowest BCUT2D eigenvalue weighted by Crippen LogP contribution is -2.31. The Kier molecular flexibility index (Phi) is 4.39. The van der Waals surface area contributed by atoms with Crippen LogP contribution in [0.5, 0.6) is 0 Å². The number of benzene rings is 1. The number of rotatable bonds is 4. The molecular weight excluding hydrogens is 366 g/mol. The van der Waals surface area contributed by atoms with E-state index < -0.39 is 16.1 Å². The molecule has 1 unspecified atom stereocenters. The van der Waals surface area contributed by atoms with Crippen LogP contribution in [0.15, 0.2) is 47.5 Å². The van der Waals surface area contributed by atoms with Crippen LogP contribution in [0.3, 0.4) is 0 Å². The number of pyridine rings is 1. The van der Waals surface area contributed by atoms with E-state index in [1.165, 1.54) is 10.4 Å². The fourth-order valence-corrected chi connectivity index (χ4v) is 4.76. The highest BCUT2D eigenvalue weighted by Crippen LogP contribution is 2.34. The lowest BCUT2D eigenvalue weighted by atomic mass is 10.1.